The van der Waals surface area contributed by atoms with Gasteiger partial charge in [-0.05, 0) is 98.4 Å². The Labute approximate surface area is 292 Å². The molecule has 3 rings (SSSR count). The van der Waals surface area contributed by atoms with E-state index in [-0.39, 0.29) is 11.4 Å². The fraction of sp³-hybridized carbons (Fsp3) is 0.400. The monoisotopic (exact) mass is 807 g/mol. The van der Waals surface area contributed by atoms with Gasteiger partial charge in [0.2, 0.25) is 0 Å². The minimum Gasteiger partial charge on any atom is -0.372 e. The normalized spacial score (nSPS) is 14.4. The number of halogens is 17. The van der Waals surface area contributed by atoms with Gasteiger partial charge >= 0.3 is 47.0 Å². The predicted octanol–water partition coefficient (Wildman–Crippen LogP) is 13.4. The highest BCUT2D eigenvalue weighted by atomic mass is 32.2. The highest BCUT2D eigenvalue weighted by Gasteiger charge is 2.95. The molecule has 292 valence electrons. The highest BCUT2D eigenvalue weighted by Crippen LogP contribution is 2.65. The Morgan fingerprint density at radius 1 is 0.415 bits per heavy atom. The summed E-state index contributed by atoms with van der Waals surface area (Å²) in [6.45, 7) is 5.63. The Morgan fingerprint density at radius 2 is 0.698 bits per heavy atom. The van der Waals surface area contributed by atoms with E-state index in [9.17, 15) is 74.6 Å². The van der Waals surface area contributed by atoms with Crippen molar-refractivity contribution in [1.82, 2.24) is 0 Å². The first-order valence-corrected chi connectivity index (χ1v) is 15.2. The van der Waals surface area contributed by atoms with E-state index in [1.54, 1.807) is 12.1 Å². The van der Waals surface area contributed by atoms with Gasteiger partial charge in [-0.3, -0.25) is 0 Å². The summed E-state index contributed by atoms with van der Waals surface area (Å²) >= 11 is -1.70. The van der Waals surface area contributed by atoms with E-state index in [0.29, 0.717) is 23.5 Å². The molecule has 0 aromatic heterocycles. The summed E-state index contributed by atoms with van der Waals surface area (Å²) in [5.74, 6) is -50.2. The van der Waals surface area contributed by atoms with Gasteiger partial charge in [-0.15, -0.1) is 0 Å². The van der Waals surface area contributed by atoms with Crippen molar-refractivity contribution >= 4 is 40.2 Å². The second-order valence-electron chi connectivity index (χ2n) is 10.7. The second-order valence-corrected chi connectivity index (χ2v) is 11.9. The fourth-order valence-corrected chi connectivity index (χ4v) is 4.90. The van der Waals surface area contributed by atoms with Gasteiger partial charge in [0.05, 0.1) is 22.7 Å². The summed E-state index contributed by atoms with van der Waals surface area (Å²) < 4.78 is 230. The van der Waals surface area contributed by atoms with E-state index in [4.69, 9.17) is 0 Å². The molecule has 0 amide bonds. The molecule has 0 N–H and O–H groups in total. The molecule has 23 heteroatoms. The van der Waals surface area contributed by atoms with Crippen LogP contribution in [-0.2, 0) is 0 Å². The van der Waals surface area contributed by atoms with Gasteiger partial charge in [-0.2, -0.15) is 95.1 Å². The van der Waals surface area contributed by atoms with Gasteiger partial charge in [-0.25, -0.2) is 0 Å². The molecule has 0 saturated carbocycles. The number of alkyl halides is 17. The first-order chi connectivity index (χ1) is 24.1. The van der Waals surface area contributed by atoms with E-state index in [2.05, 4.69) is 25.4 Å². The quantitative estimate of drug-likeness (QED) is 0.0872. The molecule has 0 fully saturated rings. The zero-order valence-electron chi connectivity index (χ0n) is 26.4. The van der Waals surface area contributed by atoms with Crippen LogP contribution in [0, 0.1) is 0 Å². The smallest absolute Gasteiger partial charge is 0.372 e. The van der Waals surface area contributed by atoms with Gasteiger partial charge in [0.25, 0.3) is 0 Å². The van der Waals surface area contributed by atoms with Crippen molar-refractivity contribution in [2.75, 3.05) is 18.0 Å². The van der Waals surface area contributed by atoms with Crippen molar-refractivity contribution in [3.63, 3.8) is 0 Å². The van der Waals surface area contributed by atoms with Crippen LogP contribution in [0.3, 0.4) is 0 Å². The number of anilines is 1. The first kappa shape index (κ1) is 43.2. The third-order valence-corrected chi connectivity index (χ3v) is 8.19. The Kier molecular flexibility index (Phi) is 12.2. The number of azo groups is 2. The van der Waals surface area contributed by atoms with Crippen LogP contribution in [0.15, 0.2) is 98.1 Å². The van der Waals surface area contributed by atoms with Crippen molar-refractivity contribution < 1.29 is 74.6 Å². The lowest BCUT2D eigenvalue weighted by atomic mass is 9.91. The van der Waals surface area contributed by atoms with Gasteiger partial charge in [0.15, 0.2) is 0 Å². The third kappa shape index (κ3) is 8.03. The lowest BCUT2D eigenvalue weighted by Crippen LogP contribution is -2.74. The number of hydrogen-bond donors (Lipinski definition) is 0. The van der Waals surface area contributed by atoms with Crippen LogP contribution in [0.1, 0.15) is 13.8 Å². The lowest BCUT2D eigenvalue weighted by Gasteiger charge is -2.42. The van der Waals surface area contributed by atoms with E-state index in [1.807, 2.05) is 26.0 Å². The molecule has 0 heterocycles. The maximum atomic E-state index is 14.3. The number of hydrogen-bond acceptors (Lipinski definition) is 6. The summed E-state index contributed by atoms with van der Waals surface area (Å²) in [5.41, 5.74) is 1.89. The minimum absolute atomic E-state index is 0.177. The maximum Gasteiger partial charge on any atom is 0.460 e. The van der Waals surface area contributed by atoms with E-state index in [0.717, 1.165) is 30.9 Å². The molecule has 0 radical (unpaired) electrons. The number of rotatable bonds is 15. The average molecular weight is 808 g/mol. The molecule has 0 atom stereocenters. The van der Waals surface area contributed by atoms with Crippen molar-refractivity contribution in [1.29, 1.82) is 0 Å². The van der Waals surface area contributed by atoms with Gasteiger partial charge in [0, 0.05) is 23.7 Å². The molecule has 53 heavy (non-hydrogen) atoms. The molecule has 0 bridgehead atoms. The molecular formula is C30H22F17N5S. The standard InChI is InChI=1S/C30H22F17N5S/c1-3-52(4-2)21-13-9-19(10-14-21)50-48-17-5-7-18(8-6-17)49-51-20-11-15-22(16-12-20)53-30(46,47)28(41,42)26(37,38)24(33,34)23(31,32)25(35,36)27(39,40)29(43,44)45/h5-16H,3-4H2,1-2H3. The van der Waals surface area contributed by atoms with Crippen molar-refractivity contribution in [2.24, 2.45) is 20.5 Å². The molecule has 5 nitrogen and oxygen atoms in total. The van der Waals surface area contributed by atoms with E-state index >= 15 is 0 Å². The number of thioether (sulfide) groups is 1. The van der Waals surface area contributed by atoms with Crippen molar-refractivity contribution in [2.45, 2.75) is 65.7 Å². The largest absolute Gasteiger partial charge is 0.460 e. The van der Waals surface area contributed by atoms with Crippen LogP contribution >= 0.6 is 11.8 Å². The van der Waals surface area contributed by atoms with Crippen molar-refractivity contribution in [3.05, 3.63) is 72.8 Å². The molecule has 0 saturated heterocycles. The molecular weight excluding hydrogens is 785 g/mol. The number of nitrogens with zero attached hydrogens (tertiary/aromatic N) is 5. The fourth-order valence-electron chi connectivity index (χ4n) is 4.08. The summed E-state index contributed by atoms with van der Waals surface area (Å²) in [6.07, 6.45) is -7.81. The van der Waals surface area contributed by atoms with Crippen molar-refractivity contribution in [3.8, 4) is 0 Å². The summed E-state index contributed by atoms with van der Waals surface area (Å²) in [6, 6.07) is 15.4. The van der Waals surface area contributed by atoms with E-state index in [1.165, 1.54) is 24.3 Å². The highest BCUT2D eigenvalue weighted by molar-refractivity contribution is 8.00. The molecule has 3 aromatic rings. The Hall–Kier alpha value is -4.18. The number of benzene rings is 3. The van der Waals surface area contributed by atoms with Gasteiger partial charge in [-0.1, -0.05) is 0 Å². The first-order valence-electron chi connectivity index (χ1n) is 14.4. The third-order valence-electron chi connectivity index (χ3n) is 7.17. The van der Waals surface area contributed by atoms with Crippen LogP contribution in [-0.4, -0.2) is 60.1 Å². The molecule has 3 aromatic carbocycles. The summed E-state index contributed by atoms with van der Waals surface area (Å²) in [5, 5.41) is 9.04. The zero-order valence-corrected chi connectivity index (χ0v) is 27.2. The molecule has 0 aliphatic carbocycles. The lowest BCUT2D eigenvalue weighted by molar-refractivity contribution is -0.458. The van der Waals surface area contributed by atoms with Gasteiger partial charge < -0.3 is 4.90 Å². The van der Waals surface area contributed by atoms with Crippen LogP contribution < -0.4 is 4.90 Å². The van der Waals surface area contributed by atoms with Crippen LogP contribution in [0.4, 0.5) is 103 Å². The van der Waals surface area contributed by atoms with E-state index < -0.39 is 63.6 Å². The Bertz CT molecular complexity index is 1740. The van der Waals surface area contributed by atoms with Crippen LogP contribution in [0.5, 0.6) is 0 Å². The Balaban J connectivity index is 1.73. The molecule has 0 aliphatic rings. The van der Waals surface area contributed by atoms with Crippen LogP contribution in [0.25, 0.3) is 0 Å². The SMILES string of the molecule is CCN(CC)c1ccc(N=Nc2ccc(N=Nc3ccc(SC(F)(F)C(F)(F)C(F)(F)C(F)(F)C(F)(F)C(F)(F)C(F)(F)C(F)(F)F)cc3)cc2)cc1. The minimum atomic E-state index is -8.68. The second kappa shape index (κ2) is 14.9. The summed E-state index contributed by atoms with van der Waals surface area (Å²) in [4.78, 5) is 0.947. The summed E-state index contributed by atoms with van der Waals surface area (Å²) in [7, 11) is 0. The predicted molar refractivity (Wildman–Crippen MR) is 158 cm³/mol. The molecule has 0 spiro atoms. The average Bonchev–Trinajstić information content (AvgIpc) is 3.07. The topological polar surface area (TPSA) is 52.7 Å². The maximum absolute atomic E-state index is 14.3. The Morgan fingerprint density at radius 3 is 1.02 bits per heavy atom. The molecule has 0 aliphatic heterocycles. The van der Waals surface area contributed by atoms with Gasteiger partial charge in [0.1, 0.15) is 0 Å². The molecule has 0 unspecified atom stereocenters. The zero-order chi connectivity index (χ0) is 40.5. The van der Waals surface area contributed by atoms with Crippen LogP contribution in [0.2, 0.25) is 0 Å².